The van der Waals surface area contributed by atoms with E-state index in [1.54, 1.807) is 11.3 Å². The highest BCUT2D eigenvalue weighted by Crippen LogP contribution is 2.40. The topological polar surface area (TPSA) is 70.1 Å². The number of piperidine rings is 1. The van der Waals surface area contributed by atoms with Crippen LogP contribution >= 0.6 is 11.3 Å². The summed E-state index contributed by atoms with van der Waals surface area (Å²) in [5.74, 6) is -2.51. The second kappa shape index (κ2) is 9.65. The van der Waals surface area contributed by atoms with Crippen LogP contribution in [0.3, 0.4) is 0 Å². The Morgan fingerprint density at radius 3 is 2.33 bits per heavy atom. The molecular weight excluding hydrogens is 421 g/mol. The zero-order valence-electron chi connectivity index (χ0n) is 16.7. The van der Waals surface area contributed by atoms with Gasteiger partial charge in [0.15, 0.2) is 0 Å². The van der Waals surface area contributed by atoms with Crippen molar-refractivity contribution in [3.8, 4) is 0 Å². The summed E-state index contributed by atoms with van der Waals surface area (Å²) in [5.41, 5.74) is 1.39. The first-order valence-electron chi connectivity index (χ1n) is 10.2. The third-order valence-corrected chi connectivity index (χ3v) is 6.68. The lowest BCUT2D eigenvalue weighted by molar-refractivity contribution is -0.192. The van der Waals surface area contributed by atoms with Crippen LogP contribution in [0.2, 0.25) is 0 Å². The monoisotopic (exact) mass is 448 g/mol. The number of carboxylic acids is 1. The summed E-state index contributed by atoms with van der Waals surface area (Å²) in [6.07, 6.45) is 1.17. The Kier molecular flexibility index (Phi) is 7.41. The lowest BCUT2D eigenvalue weighted by Gasteiger charge is -2.39. The van der Waals surface area contributed by atoms with E-state index in [4.69, 9.17) is 14.6 Å². The normalized spacial score (nSPS) is 24.0. The summed E-state index contributed by atoms with van der Waals surface area (Å²) in [5, 5.41) is 11.5. The number of thiophene rings is 1. The minimum atomic E-state index is -5.08. The Bertz CT molecular complexity index is 712. The summed E-state index contributed by atoms with van der Waals surface area (Å²) < 4.78 is 38.1. The van der Waals surface area contributed by atoms with Crippen LogP contribution in [-0.2, 0) is 20.9 Å². The highest BCUT2D eigenvalue weighted by atomic mass is 32.1. The number of carboxylic acid groups (broad SMARTS) is 1. The molecule has 30 heavy (non-hydrogen) atoms. The highest BCUT2D eigenvalue weighted by molar-refractivity contribution is 7.07. The van der Waals surface area contributed by atoms with Crippen molar-refractivity contribution < 1.29 is 32.6 Å². The van der Waals surface area contributed by atoms with E-state index >= 15 is 0 Å². The van der Waals surface area contributed by atoms with Crippen molar-refractivity contribution in [3.05, 3.63) is 22.4 Å². The fourth-order valence-electron chi connectivity index (χ4n) is 4.26. The Morgan fingerprint density at radius 2 is 1.80 bits per heavy atom. The van der Waals surface area contributed by atoms with Gasteiger partial charge in [0.05, 0.1) is 5.60 Å². The largest absolute Gasteiger partial charge is 0.490 e. The van der Waals surface area contributed by atoms with Crippen LogP contribution in [0, 0.1) is 0 Å². The van der Waals surface area contributed by atoms with Gasteiger partial charge in [-0.05, 0) is 60.9 Å². The van der Waals surface area contributed by atoms with Gasteiger partial charge in [-0.25, -0.2) is 4.79 Å². The molecule has 0 aliphatic carbocycles. The lowest BCUT2D eigenvalue weighted by Crippen LogP contribution is -2.45. The number of carbonyl (C=O) groups is 2. The fraction of sp³-hybridized carbons (Fsp3) is 0.700. The molecule has 1 N–H and O–H groups in total. The summed E-state index contributed by atoms with van der Waals surface area (Å²) in [4.78, 5) is 26.0. The van der Waals surface area contributed by atoms with Gasteiger partial charge in [0.1, 0.15) is 6.10 Å². The minimum Gasteiger partial charge on any atom is -0.475 e. The van der Waals surface area contributed by atoms with Gasteiger partial charge >= 0.3 is 12.1 Å². The molecule has 1 aromatic heterocycles. The van der Waals surface area contributed by atoms with E-state index in [0.717, 1.165) is 71.2 Å². The number of aliphatic carboxylic acids is 1. The molecule has 4 heterocycles. The van der Waals surface area contributed by atoms with Crippen LogP contribution in [0.15, 0.2) is 16.8 Å². The molecule has 168 valence electrons. The second-order valence-corrected chi connectivity index (χ2v) is 8.85. The van der Waals surface area contributed by atoms with Crippen molar-refractivity contribution in [3.63, 3.8) is 0 Å². The molecule has 1 amide bonds. The molecular formula is C20H27F3N2O4S. The van der Waals surface area contributed by atoms with Crippen molar-refractivity contribution in [2.45, 2.75) is 63.0 Å². The summed E-state index contributed by atoms with van der Waals surface area (Å²) >= 11 is 1.77. The number of ether oxygens (including phenoxy) is 1. The first kappa shape index (κ1) is 23.0. The lowest BCUT2D eigenvalue weighted by atomic mass is 9.88. The standard InChI is InChI=1S/C18H26N2O2S.C2HF3O2/c21-17(20-8-1-2-9-20)16-3-5-18(22-16)6-10-19(11-7-18)13-15-4-12-23-14-15;3-2(4,5)1(6)7/h4,12,14,16H,1-3,5-11,13H2;(H,6,7). The number of hydrogen-bond donors (Lipinski definition) is 1. The molecule has 1 atom stereocenters. The molecule has 6 nitrogen and oxygen atoms in total. The molecule has 0 aromatic carbocycles. The minimum absolute atomic E-state index is 0.0226. The fourth-order valence-corrected chi connectivity index (χ4v) is 4.92. The first-order chi connectivity index (χ1) is 14.2. The van der Waals surface area contributed by atoms with Crippen LogP contribution in [0.25, 0.3) is 0 Å². The van der Waals surface area contributed by atoms with Gasteiger partial charge in [0, 0.05) is 32.7 Å². The maximum atomic E-state index is 12.5. The van der Waals surface area contributed by atoms with Crippen LogP contribution < -0.4 is 0 Å². The van der Waals surface area contributed by atoms with E-state index in [1.165, 1.54) is 5.56 Å². The van der Waals surface area contributed by atoms with Crippen LogP contribution in [-0.4, -0.2) is 70.8 Å². The maximum absolute atomic E-state index is 12.5. The summed E-state index contributed by atoms with van der Waals surface area (Å²) in [7, 11) is 0. The van der Waals surface area contributed by atoms with Crippen molar-refractivity contribution in [1.29, 1.82) is 0 Å². The third kappa shape index (κ3) is 5.95. The van der Waals surface area contributed by atoms with E-state index in [9.17, 15) is 18.0 Å². The molecule has 1 spiro atoms. The average molecular weight is 449 g/mol. The van der Waals surface area contributed by atoms with E-state index < -0.39 is 12.1 Å². The quantitative estimate of drug-likeness (QED) is 0.766. The Morgan fingerprint density at radius 1 is 1.17 bits per heavy atom. The molecule has 0 radical (unpaired) electrons. The van der Waals surface area contributed by atoms with Gasteiger partial charge in [-0.2, -0.15) is 24.5 Å². The maximum Gasteiger partial charge on any atom is 0.490 e. The number of likely N-dealkylation sites (tertiary alicyclic amines) is 2. The smallest absolute Gasteiger partial charge is 0.475 e. The molecule has 1 aromatic rings. The van der Waals surface area contributed by atoms with Gasteiger partial charge in [-0.3, -0.25) is 9.69 Å². The molecule has 3 fully saturated rings. The number of hydrogen-bond acceptors (Lipinski definition) is 5. The number of amides is 1. The van der Waals surface area contributed by atoms with Gasteiger partial charge in [0.25, 0.3) is 5.91 Å². The Labute approximate surface area is 177 Å². The second-order valence-electron chi connectivity index (χ2n) is 8.07. The van der Waals surface area contributed by atoms with Crippen LogP contribution in [0.1, 0.15) is 44.1 Å². The van der Waals surface area contributed by atoms with Crippen LogP contribution in [0.5, 0.6) is 0 Å². The summed E-state index contributed by atoms with van der Waals surface area (Å²) in [6, 6.07) is 2.21. The molecule has 0 saturated carbocycles. The number of rotatable bonds is 3. The Balaban J connectivity index is 0.000000318. The van der Waals surface area contributed by atoms with E-state index in [0.29, 0.717) is 0 Å². The zero-order valence-corrected chi connectivity index (χ0v) is 17.5. The highest BCUT2D eigenvalue weighted by Gasteiger charge is 2.45. The van der Waals surface area contributed by atoms with Gasteiger partial charge in [0.2, 0.25) is 0 Å². The number of nitrogens with zero attached hydrogens (tertiary/aromatic N) is 2. The van der Waals surface area contributed by atoms with Gasteiger partial charge < -0.3 is 14.7 Å². The van der Waals surface area contributed by atoms with E-state index in [2.05, 4.69) is 21.7 Å². The predicted octanol–water partition coefficient (Wildman–Crippen LogP) is 3.52. The van der Waals surface area contributed by atoms with Crippen LogP contribution in [0.4, 0.5) is 13.2 Å². The average Bonchev–Trinajstić information content (AvgIpc) is 3.45. The molecule has 3 aliphatic rings. The van der Waals surface area contributed by atoms with Gasteiger partial charge in [-0.1, -0.05) is 0 Å². The molecule has 3 aliphatic heterocycles. The molecule has 4 rings (SSSR count). The summed E-state index contributed by atoms with van der Waals surface area (Å²) in [6.45, 7) is 5.08. The SMILES string of the molecule is O=C(C1CCC2(CCN(Cc3ccsc3)CC2)O1)N1CCCC1.O=C(O)C(F)(F)F. The molecule has 3 saturated heterocycles. The number of carbonyl (C=O) groups excluding carboxylic acids is 1. The molecule has 1 unspecified atom stereocenters. The number of halogens is 3. The molecule has 0 bridgehead atoms. The van der Waals surface area contributed by atoms with Crippen molar-refractivity contribution in [2.75, 3.05) is 26.2 Å². The molecule has 10 heteroatoms. The van der Waals surface area contributed by atoms with Crippen molar-refractivity contribution in [2.24, 2.45) is 0 Å². The van der Waals surface area contributed by atoms with E-state index in [-0.39, 0.29) is 17.6 Å². The van der Waals surface area contributed by atoms with Crippen molar-refractivity contribution in [1.82, 2.24) is 9.80 Å². The number of alkyl halides is 3. The van der Waals surface area contributed by atoms with E-state index in [1.807, 2.05) is 4.90 Å². The van der Waals surface area contributed by atoms with Gasteiger partial charge in [-0.15, -0.1) is 0 Å². The first-order valence-corrected chi connectivity index (χ1v) is 11.1. The zero-order chi connectivity index (χ0) is 21.8. The van der Waals surface area contributed by atoms with Crippen molar-refractivity contribution >= 4 is 23.2 Å². The third-order valence-electron chi connectivity index (χ3n) is 5.94. The Hall–Kier alpha value is -1.65. The predicted molar refractivity (Wildman–Crippen MR) is 105 cm³/mol.